The third-order valence-corrected chi connectivity index (χ3v) is 2.48. The molecule has 0 fully saturated rings. The minimum atomic E-state index is 0.0734. The van der Waals surface area contributed by atoms with Crippen LogP contribution >= 0.6 is 0 Å². The van der Waals surface area contributed by atoms with Crippen molar-refractivity contribution in [2.45, 2.75) is 26.3 Å². The number of aliphatic hydroxyl groups is 1. The number of aliphatic hydroxyl groups excluding tert-OH is 1. The van der Waals surface area contributed by atoms with Gasteiger partial charge in [-0.3, -0.25) is 4.79 Å². The van der Waals surface area contributed by atoms with Crippen LogP contribution in [0, 0.1) is 6.92 Å². The van der Waals surface area contributed by atoms with Gasteiger partial charge in [-0.05, 0) is 18.9 Å². The summed E-state index contributed by atoms with van der Waals surface area (Å²) >= 11 is 0. The first-order chi connectivity index (χ1) is 7.63. The monoisotopic (exact) mass is 221 g/mol. The molecule has 1 amide bonds. The number of nitrogens with zero attached hydrogens (tertiary/aromatic N) is 1. The molecule has 0 saturated heterocycles. The van der Waals surface area contributed by atoms with E-state index in [1.54, 1.807) is 11.9 Å². The molecule has 0 atom stereocenters. The lowest BCUT2D eigenvalue weighted by Crippen LogP contribution is -2.26. The van der Waals surface area contributed by atoms with Crippen molar-refractivity contribution >= 4 is 5.91 Å². The number of hydrogen-bond acceptors (Lipinski definition) is 2. The van der Waals surface area contributed by atoms with E-state index < -0.39 is 0 Å². The molecule has 1 aromatic rings. The van der Waals surface area contributed by atoms with Crippen LogP contribution in [0.3, 0.4) is 0 Å². The van der Waals surface area contributed by atoms with Crippen LogP contribution in [0.15, 0.2) is 24.3 Å². The van der Waals surface area contributed by atoms with Crippen LogP contribution in [0.4, 0.5) is 0 Å². The first-order valence-corrected chi connectivity index (χ1v) is 5.54. The number of rotatable bonds is 5. The van der Waals surface area contributed by atoms with Gasteiger partial charge >= 0.3 is 0 Å². The molecule has 0 radical (unpaired) electrons. The molecule has 16 heavy (non-hydrogen) atoms. The number of amides is 1. The fourth-order valence-corrected chi connectivity index (χ4v) is 1.59. The Hall–Kier alpha value is -1.35. The molecule has 3 heteroatoms. The Balaban J connectivity index is 2.50. The summed E-state index contributed by atoms with van der Waals surface area (Å²) < 4.78 is 0. The SMILES string of the molecule is Cc1cccc(CN(C)C(=O)CCCO)c1. The standard InChI is InChI=1S/C13H19NO2/c1-11-5-3-6-12(9-11)10-14(2)13(16)7-4-8-15/h3,5-6,9,15H,4,7-8,10H2,1-2H3. The summed E-state index contributed by atoms with van der Waals surface area (Å²) in [6.45, 7) is 2.74. The molecule has 0 spiro atoms. The largest absolute Gasteiger partial charge is 0.396 e. The zero-order valence-corrected chi connectivity index (χ0v) is 9.94. The van der Waals surface area contributed by atoms with Crippen molar-refractivity contribution in [2.24, 2.45) is 0 Å². The van der Waals surface area contributed by atoms with Gasteiger partial charge in [0.1, 0.15) is 0 Å². The summed E-state index contributed by atoms with van der Waals surface area (Å²) in [5.41, 5.74) is 2.34. The van der Waals surface area contributed by atoms with Gasteiger partial charge in [-0.1, -0.05) is 29.8 Å². The maximum Gasteiger partial charge on any atom is 0.222 e. The van der Waals surface area contributed by atoms with Gasteiger partial charge < -0.3 is 10.0 Å². The highest BCUT2D eigenvalue weighted by Crippen LogP contribution is 2.07. The minimum absolute atomic E-state index is 0.0734. The molecule has 0 aromatic heterocycles. The zero-order chi connectivity index (χ0) is 12.0. The Labute approximate surface area is 96.7 Å². The highest BCUT2D eigenvalue weighted by atomic mass is 16.3. The second-order valence-electron chi connectivity index (χ2n) is 4.07. The second-order valence-corrected chi connectivity index (χ2v) is 4.07. The van der Waals surface area contributed by atoms with Gasteiger partial charge in [-0.15, -0.1) is 0 Å². The van der Waals surface area contributed by atoms with Crippen LogP contribution in [0.1, 0.15) is 24.0 Å². The molecular formula is C13H19NO2. The van der Waals surface area contributed by atoms with Crippen LogP contribution in [-0.2, 0) is 11.3 Å². The topological polar surface area (TPSA) is 40.5 Å². The van der Waals surface area contributed by atoms with Gasteiger partial charge in [0.2, 0.25) is 5.91 Å². The van der Waals surface area contributed by atoms with Gasteiger partial charge in [0.15, 0.2) is 0 Å². The first kappa shape index (κ1) is 12.7. The predicted octanol–water partition coefficient (Wildman–Crippen LogP) is 1.73. The van der Waals surface area contributed by atoms with E-state index in [2.05, 4.69) is 6.07 Å². The van der Waals surface area contributed by atoms with Gasteiger partial charge in [0.05, 0.1) is 0 Å². The van der Waals surface area contributed by atoms with Crippen LogP contribution in [0.25, 0.3) is 0 Å². The van der Waals surface area contributed by atoms with Crippen molar-refractivity contribution in [1.82, 2.24) is 4.90 Å². The molecule has 1 N–H and O–H groups in total. The number of benzene rings is 1. The van der Waals surface area contributed by atoms with Crippen molar-refractivity contribution in [3.63, 3.8) is 0 Å². The van der Waals surface area contributed by atoms with Gasteiger partial charge in [-0.2, -0.15) is 0 Å². The van der Waals surface area contributed by atoms with Gasteiger partial charge in [-0.25, -0.2) is 0 Å². The van der Waals surface area contributed by atoms with Crippen molar-refractivity contribution < 1.29 is 9.90 Å². The number of hydrogen-bond donors (Lipinski definition) is 1. The van der Waals surface area contributed by atoms with Crippen molar-refractivity contribution in [2.75, 3.05) is 13.7 Å². The van der Waals surface area contributed by atoms with E-state index in [4.69, 9.17) is 5.11 Å². The van der Waals surface area contributed by atoms with E-state index in [0.717, 1.165) is 5.56 Å². The lowest BCUT2D eigenvalue weighted by molar-refractivity contribution is -0.130. The summed E-state index contributed by atoms with van der Waals surface area (Å²) in [5.74, 6) is 0.0792. The fraction of sp³-hybridized carbons (Fsp3) is 0.462. The average Bonchev–Trinajstić information content (AvgIpc) is 2.25. The normalized spacial score (nSPS) is 10.2. The zero-order valence-electron chi connectivity index (χ0n) is 9.94. The Kier molecular flexibility index (Phi) is 4.99. The summed E-state index contributed by atoms with van der Waals surface area (Å²) in [7, 11) is 1.79. The fourth-order valence-electron chi connectivity index (χ4n) is 1.59. The highest BCUT2D eigenvalue weighted by Gasteiger charge is 2.08. The first-order valence-electron chi connectivity index (χ1n) is 5.54. The maximum absolute atomic E-state index is 11.6. The van der Waals surface area contributed by atoms with Crippen LogP contribution in [0.2, 0.25) is 0 Å². The number of carbonyl (C=O) groups excluding carboxylic acids is 1. The summed E-state index contributed by atoms with van der Waals surface area (Å²) in [6, 6.07) is 8.13. The van der Waals surface area contributed by atoms with Crippen molar-refractivity contribution in [3.05, 3.63) is 35.4 Å². The number of aryl methyl sites for hydroxylation is 1. The van der Waals surface area contributed by atoms with Crippen LogP contribution in [0.5, 0.6) is 0 Å². The van der Waals surface area contributed by atoms with Crippen molar-refractivity contribution in [1.29, 1.82) is 0 Å². The average molecular weight is 221 g/mol. The molecule has 1 aromatic carbocycles. The second kappa shape index (κ2) is 6.28. The predicted molar refractivity (Wildman–Crippen MR) is 64.0 cm³/mol. The molecule has 0 saturated carbocycles. The Morgan fingerprint density at radius 1 is 1.44 bits per heavy atom. The number of carbonyl (C=O) groups is 1. The molecule has 1 rings (SSSR count). The molecule has 0 unspecified atom stereocenters. The molecule has 0 aliphatic rings. The van der Waals surface area contributed by atoms with E-state index in [9.17, 15) is 4.79 Å². The molecule has 0 heterocycles. The molecule has 3 nitrogen and oxygen atoms in total. The van der Waals surface area contributed by atoms with Crippen LogP contribution < -0.4 is 0 Å². The third-order valence-electron chi connectivity index (χ3n) is 2.48. The lowest BCUT2D eigenvalue weighted by atomic mass is 10.1. The Morgan fingerprint density at radius 3 is 2.81 bits per heavy atom. The molecule has 0 bridgehead atoms. The molecule has 0 aliphatic carbocycles. The molecule has 88 valence electrons. The highest BCUT2D eigenvalue weighted by molar-refractivity contribution is 5.75. The Bertz CT molecular complexity index is 350. The third kappa shape index (κ3) is 4.03. The van der Waals surface area contributed by atoms with E-state index in [0.29, 0.717) is 19.4 Å². The van der Waals surface area contributed by atoms with Gasteiger partial charge in [0, 0.05) is 26.6 Å². The van der Waals surface area contributed by atoms with E-state index >= 15 is 0 Å². The maximum atomic E-state index is 11.6. The quantitative estimate of drug-likeness (QED) is 0.822. The molecule has 0 aliphatic heterocycles. The van der Waals surface area contributed by atoms with Crippen molar-refractivity contribution in [3.8, 4) is 0 Å². The van der Waals surface area contributed by atoms with E-state index in [1.807, 2.05) is 25.1 Å². The van der Waals surface area contributed by atoms with E-state index in [1.165, 1.54) is 5.56 Å². The summed E-state index contributed by atoms with van der Waals surface area (Å²) in [5, 5.41) is 8.65. The summed E-state index contributed by atoms with van der Waals surface area (Å²) in [4.78, 5) is 13.3. The Morgan fingerprint density at radius 2 is 2.19 bits per heavy atom. The lowest BCUT2D eigenvalue weighted by Gasteiger charge is -2.17. The molecular weight excluding hydrogens is 202 g/mol. The van der Waals surface area contributed by atoms with Gasteiger partial charge in [0.25, 0.3) is 0 Å². The minimum Gasteiger partial charge on any atom is -0.396 e. The van der Waals surface area contributed by atoms with E-state index in [-0.39, 0.29) is 12.5 Å². The summed E-state index contributed by atoms with van der Waals surface area (Å²) in [6.07, 6.45) is 0.954. The smallest absolute Gasteiger partial charge is 0.222 e. The van der Waals surface area contributed by atoms with Crippen LogP contribution in [-0.4, -0.2) is 29.6 Å².